The third kappa shape index (κ3) is 3.98. The number of hydrogen-bond acceptors (Lipinski definition) is 4. The quantitative estimate of drug-likeness (QED) is 0.687. The Morgan fingerprint density at radius 2 is 2.04 bits per heavy atom. The first-order valence-electron chi connectivity index (χ1n) is 9.05. The highest BCUT2D eigenvalue weighted by molar-refractivity contribution is 5.94. The van der Waals surface area contributed by atoms with Crippen LogP contribution in [0.2, 0.25) is 0 Å². The van der Waals surface area contributed by atoms with E-state index in [4.69, 9.17) is 4.74 Å². The minimum Gasteiger partial charge on any atom is -0.497 e. The van der Waals surface area contributed by atoms with Crippen LogP contribution in [0.5, 0.6) is 5.75 Å². The van der Waals surface area contributed by atoms with Crippen LogP contribution in [-0.2, 0) is 13.5 Å². The Morgan fingerprint density at radius 3 is 2.68 bits per heavy atom. The molecular weight excluding hydrogens is 356 g/mol. The van der Waals surface area contributed by atoms with Crippen molar-refractivity contribution in [2.45, 2.75) is 20.3 Å². The van der Waals surface area contributed by atoms with Crippen molar-refractivity contribution < 1.29 is 9.53 Å². The number of aromatic amines is 1. The molecule has 0 aliphatic heterocycles. The monoisotopic (exact) mass is 380 g/mol. The molecule has 0 fully saturated rings. The third-order valence-corrected chi connectivity index (χ3v) is 4.85. The van der Waals surface area contributed by atoms with E-state index in [0.717, 1.165) is 22.5 Å². The van der Waals surface area contributed by atoms with Crippen molar-refractivity contribution in [3.8, 4) is 17.0 Å². The molecule has 2 N–H and O–H groups in total. The van der Waals surface area contributed by atoms with Crippen molar-refractivity contribution in [2.75, 3.05) is 13.7 Å². The first kappa shape index (κ1) is 19.4. The summed E-state index contributed by atoms with van der Waals surface area (Å²) in [5.41, 5.74) is 4.25. The molecule has 3 rings (SSSR count). The summed E-state index contributed by atoms with van der Waals surface area (Å²) in [6.07, 6.45) is 0.664. The Morgan fingerprint density at radius 1 is 1.25 bits per heavy atom. The lowest BCUT2D eigenvalue weighted by Crippen LogP contribution is -2.31. The lowest BCUT2D eigenvalue weighted by Gasteiger charge is -2.08. The van der Waals surface area contributed by atoms with Crippen LogP contribution in [0.4, 0.5) is 0 Å². The molecule has 28 heavy (non-hydrogen) atoms. The number of methoxy groups -OCH3 is 1. The Hall–Kier alpha value is -3.35. The van der Waals surface area contributed by atoms with Crippen molar-refractivity contribution in [3.63, 3.8) is 0 Å². The molecule has 7 heteroatoms. The molecule has 3 aromatic rings. The molecule has 0 unspecified atom stereocenters. The van der Waals surface area contributed by atoms with Crippen LogP contribution in [0.1, 0.15) is 27.3 Å². The van der Waals surface area contributed by atoms with Gasteiger partial charge in [-0.1, -0.05) is 12.1 Å². The number of carbonyl (C=O) groups excluding carboxylic acids is 1. The zero-order chi connectivity index (χ0) is 20.3. The SMILES string of the molecule is COc1cccc(-c2ccc(C(=O)NCCc3c(C)nn(C)c3C)c(=O)[nH]2)c1. The minimum atomic E-state index is -0.424. The molecule has 146 valence electrons. The number of nitrogens with zero attached hydrogens (tertiary/aromatic N) is 2. The summed E-state index contributed by atoms with van der Waals surface area (Å²) in [6.45, 7) is 4.38. The Labute approximate surface area is 163 Å². The molecule has 2 aromatic heterocycles. The number of rotatable bonds is 6. The molecule has 0 aliphatic carbocycles. The van der Waals surface area contributed by atoms with Gasteiger partial charge in [0.15, 0.2) is 0 Å². The summed E-state index contributed by atoms with van der Waals surface area (Å²) in [6, 6.07) is 10.6. The summed E-state index contributed by atoms with van der Waals surface area (Å²) in [4.78, 5) is 27.6. The molecule has 0 bridgehead atoms. The van der Waals surface area contributed by atoms with E-state index in [9.17, 15) is 9.59 Å². The van der Waals surface area contributed by atoms with Crippen LogP contribution in [0.3, 0.4) is 0 Å². The maximum Gasteiger partial charge on any atom is 0.261 e. The van der Waals surface area contributed by atoms with E-state index in [1.54, 1.807) is 19.2 Å². The van der Waals surface area contributed by atoms with E-state index in [-0.39, 0.29) is 5.56 Å². The molecule has 0 saturated carbocycles. The number of hydrogen-bond donors (Lipinski definition) is 2. The van der Waals surface area contributed by atoms with Gasteiger partial charge in [0.05, 0.1) is 12.8 Å². The van der Waals surface area contributed by atoms with Crippen molar-refractivity contribution in [1.29, 1.82) is 0 Å². The summed E-state index contributed by atoms with van der Waals surface area (Å²) < 4.78 is 7.03. The highest BCUT2D eigenvalue weighted by Gasteiger charge is 2.13. The van der Waals surface area contributed by atoms with E-state index < -0.39 is 11.5 Å². The first-order valence-corrected chi connectivity index (χ1v) is 9.05. The van der Waals surface area contributed by atoms with Crippen LogP contribution in [0.25, 0.3) is 11.3 Å². The second-order valence-electron chi connectivity index (χ2n) is 6.63. The van der Waals surface area contributed by atoms with Gasteiger partial charge in [-0.25, -0.2) is 0 Å². The average Bonchev–Trinajstić information content (AvgIpc) is 2.93. The van der Waals surface area contributed by atoms with Gasteiger partial charge in [-0.05, 0) is 50.1 Å². The van der Waals surface area contributed by atoms with Crippen molar-refractivity contribution in [3.05, 3.63) is 69.3 Å². The zero-order valence-electron chi connectivity index (χ0n) is 16.5. The molecule has 0 spiro atoms. The number of nitrogens with one attached hydrogen (secondary N) is 2. The zero-order valence-corrected chi connectivity index (χ0v) is 16.5. The van der Waals surface area contributed by atoms with Crippen molar-refractivity contribution in [2.24, 2.45) is 7.05 Å². The van der Waals surface area contributed by atoms with Gasteiger partial charge in [0, 0.05) is 30.5 Å². The summed E-state index contributed by atoms with van der Waals surface area (Å²) in [7, 11) is 3.48. The normalized spacial score (nSPS) is 10.7. The summed E-state index contributed by atoms with van der Waals surface area (Å²) >= 11 is 0. The number of amides is 1. The Kier molecular flexibility index (Phi) is 5.63. The van der Waals surface area contributed by atoms with Gasteiger partial charge in [0.25, 0.3) is 11.5 Å². The maximum absolute atomic E-state index is 12.4. The van der Waals surface area contributed by atoms with E-state index >= 15 is 0 Å². The lowest BCUT2D eigenvalue weighted by molar-refractivity contribution is 0.0952. The number of aromatic nitrogens is 3. The molecule has 1 aromatic carbocycles. The largest absolute Gasteiger partial charge is 0.497 e. The van der Waals surface area contributed by atoms with E-state index in [2.05, 4.69) is 15.4 Å². The maximum atomic E-state index is 12.4. The van der Waals surface area contributed by atoms with Crippen LogP contribution >= 0.6 is 0 Å². The van der Waals surface area contributed by atoms with Gasteiger partial charge in [-0.3, -0.25) is 14.3 Å². The fraction of sp³-hybridized carbons (Fsp3) is 0.286. The van der Waals surface area contributed by atoms with Crippen LogP contribution in [-0.4, -0.2) is 34.3 Å². The fourth-order valence-corrected chi connectivity index (χ4v) is 3.19. The highest BCUT2D eigenvalue weighted by atomic mass is 16.5. The third-order valence-electron chi connectivity index (χ3n) is 4.85. The topological polar surface area (TPSA) is 89.0 Å². The molecule has 2 heterocycles. The summed E-state index contributed by atoms with van der Waals surface area (Å²) in [5.74, 6) is 0.304. The molecule has 0 aliphatic rings. The molecule has 0 atom stereocenters. The van der Waals surface area contributed by atoms with Gasteiger partial charge in [0.1, 0.15) is 11.3 Å². The number of H-pyrrole nitrogens is 1. The molecular formula is C21H24N4O3. The lowest BCUT2D eigenvalue weighted by atomic mass is 10.1. The van der Waals surface area contributed by atoms with Gasteiger partial charge in [-0.15, -0.1) is 0 Å². The Balaban J connectivity index is 1.69. The van der Waals surface area contributed by atoms with E-state index in [1.165, 1.54) is 0 Å². The molecule has 0 saturated heterocycles. The Bertz CT molecular complexity index is 1070. The molecule has 7 nitrogen and oxygen atoms in total. The van der Waals surface area contributed by atoms with E-state index in [0.29, 0.717) is 24.4 Å². The minimum absolute atomic E-state index is 0.0891. The summed E-state index contributed by atoms with van der Waals surface area (Å²) in [5, 5.41) is 7.18. The van der Waals surface area contributed by atoms with Crippen molar-refractivity contribution >= 4 is 5.91 Å². The number of pyridine rings is 1. The number of ether oxygens (including phenoxy) is 1. The number of benzene rings is 1. The predicted molar refractivity (Wildman–Crippen MR) is 108 cm³/mol. The van der Waals surface area contributed by atoms with Gasteiger partial charge in [0.2, 0.25) is 0 Å². The van der Waals surface area contributed by atoms with Crippen molar-refractivity contribution in [1.82, 2.24) is 20.1 Å². The average molecular weight is 380 g/mol. The predicted octanol–water partition coefficient (Wildman–Crippen LogP) is 2.37. The van der Waals surface area contributed by atoms with Gasteiger partial charge >= 0.3 is 0 Å². The highest BCUT2D eigenvalue weighted by Crippen LogP contribution is 2.21. The van der Waals surface area contributed by atoms with Gasteiger partial charge < -0.3 is 15.0 Å². The standard InChI is InChI=1S/C21H24N4O3/c1-13-17(14(2)25(3)24-13)10-11-22-20(26)18-8-9-19(23-21(18)27)15-6-5-7-16(12-15)28-4/h5-9,12H,10-11H2,1-4H3,(H,22,26)(H,23,27). The fourth-order valence-electron chi connectivity index (χ4n) is 3.19. The van der Waals surface area contributed by atoms with Crippen LogP contribution in [0, 0.1) is 13.8 Å². The number of aryl methyl sites for hydroxylation is 2. The van der Waals surface area contributed by atoms with Crippen LogP contribution < -0.4 is 15.6 Å². The molecule has 1 amide bonds. The van der Waals surface area contributed by atoms with E-state index in [1.807, 2.05) is 49.8 Å². The number of carbonyl (C=O) groups is 1. The second-order valence-corrected chi connectivity index (χ2v) is 6.63. The van der Waals surface area contributed by atoms with Gasteiger partial charge in [-0.2, -0.15) is 5.10 Å². The smallest absolute Gasteiger partial charge is 0.261 e. The molecule has 0 radical (unpaired) electrons. The second kappa shape index (κ2) is 8.12. The first-order chi connectivity index (χ1) is 13.4. The van der Waals surface area contributed by atoms with Crippen LogP contribution in [0.15, 0.2) is 41.2 Å².